The first-order chi connectivity index (χ1) is 12.4. The maximum Gasteiger partial charge on any atom is 0.354 e. The van der Waals surface area contributed by atoms with Crippen LogP contribution in [0.4, 0.5) is 0 Å². The zero-order valence-electron chi connectivity index (χ0n) is 15.1. The number of ether oxygens (including phenoxy) is 1. The summed E-state index contributed by atoms with van der Waals surface area (Å²) in [7, 11) is 1.30. The number of carbonyl (C=O) groups is 3. The van der Waals surface area contributed by atoms with Crippen LogP contribution in [0, 0.1) is 19.8 Å². The molecule has 1 fully saturated rings. The van der Waals surface area contributed by atoms with Crippen LogP contribution in [0.2, 0.25) is 0 Å². The van der Waals surface area contributed by atoms with E-state index in [0.717, 1.165) is 12.8 Å². The summed E-state index contributed by atoms with van der Waals surface area (Å²) in [6, 6.07) is 3.61. The van der Waals surface area contributed by atoms with Crippen molar-refractivity contribution in [2.24, 2.45) is 5.92 Å². The van der Waals surface area contributed by atoms with Gasteiger partial charge in [0, 0.05) is 17.8 Å². The van der Waals surface area contributed by atoms with E-state index < -0.39 is 5.97 Å². The molecule has 138 valence electrons. The predicted octanol–water partition coefficient (Wildman–Crippen LogP) is 3.21. The molecule has 0 radical (unpaired) electrons. The highest BCUT2D eigenvalue weighted by Crippen LogP contribution is 2.31. The number of ketones is 1. The normalized spacial score (nSPS) is 13.5. The number of amides is 1. The minimum atomic E-state index is -0.505. The number of aromatic amines is 1. The maximum atomic E-state index is 12.9. The van der Waals surface area contributed by atoms with E-state index >= 15 is 0 Å². The summed E-state index contributed by atoms with van der Waals surface area (Å²) >= 11 is 1.38. The van der Waals surface area contributed by atoms with E-state index in [1.165, 1.54) is 18.4 Å². The van der Waals surface area contributed by atoms with Gasteiger partial charge in [-0.15, -0.1) is 11.3 Å². The molecule has 1 amide bonds. The Morgan fingerprint density at radius 2 is 2.04 bits per heavy atom. The Balaban J connectivity index is 1.83. The molecule has 1 saturated carbocycles. The molecule has 0 spiro atoms. The molecule has 1 aliphatic rings. The van der Waals surface area contributed by atoms with Crippen molar-refractivity contribution in [2.75, 3.05) is 20.2 Å². The van der Waals surface area contributed by atoms with Crippen molar-refractivity contribution < 1.29 is 19.1 Å². The zero-order valence-corrected chi connectivity index (χ0v) is 15.9. The van der Waals surface area contributed by atoms with Gasteiger partial charge in [-0.3, -0.25) is 9.59 Å². The summed E-state index contributed by atoms with van der Waals surface area (Å²) in [5, 5.41) is 1.85. The first kappa shape index (κ1) is 18.4. The van der Waals surface area contributed by atoms with E-state index in [1.54, 1.807) is 24.8 Å². The van der Waals surface area contributed by atoms with Crippen LogP contribution < -0.4 is 0 Å². The van der Waals surface area contributed by atoms with Gasteiger partial charge in [-0.25, -0.2) is 4.79 Å². The quantitative estimate of drug-likeness (QED) is 0.596. The fraction of sp³-hybridized carbons (Fsp3) is 0.421. The molecule has 3 rings (SSSR count). The molecule has 1 N–H and O–H groups in total. The number of carbonyl (C=O) groups excluding carboxylic acids is 3. The number of esters is 1. The van der Waals surface area contributed by atoms with E-state index in [1.807, 2.05) is 11.4 Å². The van der Waals surface area contributed by atoms with E-state index in [4.69, 9.17) is 4.74 Å². The van der Waals surface area contributed by atoms with Gasteiger partial charge in [-0.1, -0.05) is 6.07 Å². The molecule has 26 heavy (non-hydrogen) atoms. The van der Waals surface area contributed by atoms with Crippen molar-refractivity contribution in [3.8, 4) is 0 Å². The molecule has 7 heteroatoms. The number of hydrogen-bond acceptors (Lipinski definition) is 5. The molecule has 2 aromatic rings. The fourth-order valence-corrected chi connectivity index (χ4v) is 3.81. The van der Waals surface area contributed by atoms with Gasteiger partial charge in [0.25, 0.3) is 5.91 Å². The molecule has 1 aliphatic carbocycles. The number of hydrogen-bond donors (Lipinski definition) is 1. The van der Waals surface area contributed by atoms with E-state index in [2.05, 4.69) is 4.98 Å². The second kappa shape index (κ2) is 7.45. The molecule has 0 atom stereocenters. The highest BCUT2D eigenvalue weighted by Gasteiger charge is 2.30. The number of aryl methyl sites for hydroxylation is 1. The summed E-state index contributed by atoms with van der Waals surface area (Å²) in [4.78, 5) is 42.7. The van der Waals surface area contributed by atoms with Crippen LogP contribution in [0.25, 0.3) is 0 Å². The molecular formula is C19H22N2O4S. The molecule has 2 aromatic heterocycles. The smallest absolute Gasteiger partial charge is 0.354 e. The van der Waals surface area contributed by atoms with E-state index in [9.17, 15) is 14.4 Å². The minimum absolute atomic E-state index is 0.00732. The number of H-pyrrole nitrogens is 1. The lowest BCUT2D eigenvalue weighted by Gasteiger charge is -2.21. The number of Topliss-reactive ketones (excluding diaryl/α,β-unsaturated/α-hetero) is 1. The number of thiophene rings is 1. The Morgan fingerprint density at radius 1 is 1.31 bits per heavy atom. The molecule has 0 aromatic carbocycles. The predicted molar refractivity (Wildman–Crippen MR) is 98.9 cm³/mol. The van der Waals surface area contributed by atoms with Gasteiger partial charge >= 0.3 is 5.97 Å². The topological polar surface area (TPSA) is 79.5 Å². The molecule has 0 bridgehead atoms. The SMILES string of the molecule is COC(=O)c1[nH]c(C)c(C(=O)CN(CC2CC2)C(=O)c2cccs2)c1C. The Labute approximate surface area is 156 Å². The number of aromatic nitrogens is 1. The van der Waals surface area contributed by atoms with Crippen molar-refractivity contribution in [2.45, 2.75) is 26.7 Å². The number of methoxy groups -OCH3 is 1. The summed E-state index contributed by atoms with van der Waals surface area (Å²) in [5.41, 5.74) is 1.92. The van der Waals surface area contributed by atoms with Crippen LogP contribution in [0.15, 0.2) is 17.5 Å². The van der Waals surface area contributed by atoms with Crippen molar-refractivity contribution in [1.82, 2.24) is 9.88 Å². The minimum Gasteiger partial charge on any atom is -0.464 e. The molecule has 0 saturated heterocycles. The zero-order chi connectivity index (χ0) is 18.8. The molecular weight excluding hydrogens is 352 g/mol. The van der Waals surface area contributed by atoms with Crippen molar-refractivity contribution >= 4 is 29.0 Å². The number of nitrogens with zero attached hydrogens (tertiary/aromatic N) is 1. The summed E-state index contributed by atoms with van der Waals surface area (Å²) in [6.45, 7) is 4.07. The third-order valence-electron chi connectivity index (χ3n) is 4.64. The van der Waals surface area contributed by atoms with E-state index in [0.29, 0.717) is 34.2 Å². The lowest BCUT2D eigenvalue weighted by Crippen LogP contribution is -2.37. The number of rotatable bonds is 7. The maximum absolute atomic E-state index is 12.9. The largest absolute Gasteiger partial charge is 0.464 e. The standard InChI is InChI=1S/C19H22N2O4S/c1-11-16(12(2)20-17(11)19(24)25-3)14(22)10-21(9-13-6-7-13)18(23)15-5-4-8-26-15/h4-5,8,13,20H,6-7,9-10H2,1-3H3. The van der Waals surface area contributed by atoms with Gasteiger partial charge < -0.3 is 14.6 Å². The number of nitrogens with one attached hydrogen (secondary N) is 1. The average molecular weight is 374 g/mol. The van der Waals surface area contributed by atoms with Crippen LogP contribution in [-0.4, -0.2) is 47.7 Å². The van der Waals surface area contributed by atoms with Crippen molar-refractivity contribution in [3.05, 3.63) is 44.9 Å². The van der Waals surface area contributed by atoms with Gasteiger partial charge in [0.2, 0.25) is 0 Å². The average Bonchev–Trinajstić information content (AvgIpc) is 3.16. The first-order valence-corrected chi connectivity index (χ1v) is 9.43. The van der Waals surface area contributed by atoms with Gasteiger partial charge in [0.15, 0.2) is 5.78 Å². The molecule has 6 nitrogen and oxygen atoms in total. The molecule has 2 heterocycles. The lowest BCUT2D eigenvalue weighted by molar-refractivity contribution is 0.0593. The molecule has 0 unspecified atom stereocenters. The van der Waals surface area contributed by atoms with Crippen LogP contribution in [0.5, 0.6) is 0 Å². The lowest BCUT2D eigenvalue weighted by atomic mass is 10.0. The fourth-order valence-electron chi connectivity index (χ4n) is 3.11. The third kappa shape index (κ3) is 3.72. The van der Waals surface area contributed by atoms with Gasteiger partial charge in [-0.05, 0) is 49.6 Å². The molecule has 0 aliphatic heterocycles. The van der Waals surface area contributed by atoms with Crippen molar-refractivity contribution in [1.29, 1.82) is 0 Å². The Bertz CT molecular complexity index is 834. The van der Waals surface area contributed by atoms with Crippen LogP contribution in [0.3, 0.4) is 0 Å². The van der Waals surface area contributed by atoms with Crippen LogP contribution in [0.1, 0.15) is 54.6 Å². The Hall–Kier alpha value is -2.41. The van der Waals surface area contributed by atoms with Crippen LogP contribution >= 0.6 is 11.3 Å². The summed E-state index contributed by atoms with van der Waals surface area (Å²) < 4.78 is 4.75. The van der Waals surface area contributed by atoms with Gasteiger partial charge in [-0.2, -0.15) is 0 Å². The monoisotopic (exact) mass is 374 g/mol. The highest BCUT2D eigenvalue weighted by atomic mass is 32.1. The van der Waals surface area contributed by atoms with Crippen molar-refractivity contribution in [3.63, 3.8) is 0 Å². The second-order valence-electron chi connectivity index (χ2n) is 6.65. The summed E-state index contributed by atoms with van der Waals surface area (Å²) in [5.74, 6) is -0.309. The van der Waals surface area contributed by atoms with E-state index in [-0.39, 0.29) is 23.9 Å². The van der Waals surface area contributed by atoms with Gasteiger partial charge in [0.05, 0.1) is 18.5 Å². The van der Waals surface area contributed by atoms with Crippen LogP contribution in [-0.2, 0) is 4.74 Å². The third-order valence-corrected chi connectivity index (χ3v) is 5.49. The van der Waals surface area contributed by atoms with Gasteiger partial charge in [0.1, 0.15) is 5.69 Å². The second-order valence-corrected chi connectivity index (χ2v) is 7.59. The summed E-state index contributed by atoms with van der Waals surface area (Å²) in [6.07, 6.45) is 2.19. The highest BCUT2D eigenvalue weighted by molar-refractivity contribution is 7.12. The first-order valence-electron chi connectivity index (χ1n) is 8.55. The Kier molecular flexibility index (Phi) is 5.27. The Morgan fingerprint density at radius 3 is 2.62 bits per heavy atom.